The highest BCUT2D eigenvalue weighted by atomic mass is 19.1. The third-order valence-corrected chi connectivity index (χ3v) is 4.59. The van der Waals surface area contributed by atoms with Gasteiger partial charge in [0.05, 0.1) is 19.3 Å². The molecule has 0 spiro atoms. The van der Waals surface area contributed by atoms with E-state index in [0.717, 1.165) is 11.1 Å². The van der Waals surface area contributed by atoms with Crippen LogP contribution >= 0.6 is 0 Å². The first-order chi connectivity index (χ1) is 13.5. The zero-order chi connectivity index (χ0) is 19.9. The molecule has 5 atom stereocenters. The smallest absolute Gasteiger partial charge is 0.303 e. The van der Waals surface area contributed by atoms with Gasteiger partial charge in [0.25, 0.3) is 0 Å². The minimum atomic E-state index is -1.78. The Labute approximate surface area is 164 Å². The van der Waals surface area contributed by atoms with Crippen molar-refractivity contribution in [1.29, 1.82) is 0 Å². The van der Waals surface area contributed by atoms with Gasteiger partial charge in [-0.25, -0.2) is 4.39 Å². The van der Waals surface area contributed by atoms with Gasteiger partial charge in [-0.15, -0.1) is 0 Å². The summed E-state index contributed by atoms with van der Waals surface area (Å²) >= 11 is 0. The molecule has 5 nitrogen and oxygen atoms in total. The number of benzene rings is 2. The third-order valence-electron chi connectivity index (χ3n) is 4.59. The highest BCUT2D eigenvalue weighted by molar-refractivity contribution is 5.66. The summed E-state index contributed by atoms with van der Waals surface area (Å²) in [5.41, 5.74) is 1.91. The van der Waals surface area contributed by atoms with Gasteiger partial charge in [0.1, 0.15) is 12.2 Å². The molecule has 150 valence electrons. The quantitative estimate of drug-likeness (QED) is 0.676. The van der Waals surface area contributed by atoms with E-state index in [1.54, 1.807) is 6.92 Å². The summed E-state index contributed by atoms with van der Waals surface area (Å²) in [6.45, 7) is 3.52. The van der Waals surface area contributed by atoms with E-state index in [9.17, 15) is 9.18 Å². The number of ether oxygens (including phenoxy) is 4. The second kappa shape index (κ2) is 9.78. The number of hydrogen-bond acceptors (Lipinski definition) is 5. The first-order valence-electron chi connectivity index (χ1n) is 9.32. The fourth-order valence-electron chi connectivity index (χ4n) is 3.23. The number of halogens is 1. The van der Waals surface area contributed by atoms with Crippen LogP contribution in [0.15, 0.2) is 60.7 Å². The number of esters is 1. The van der Waals surface area contributed by atoms with E-state index in [1.807, 2.05) is 60.7 Å². The molecule has 2 aromatic carbocycles. The number of carbonyl (C=O) groups is 1. The maximum atomic E-state index is 14.5. The lowest BCUT2D eigenvalue weighted by molar-refractivity contribution is -0.281. The lowest BCUT2D eigenvalue weighted by atomic mass is 9.99. The number of hydrogen-bond donors (Lipinski definition) is 0. The van der Waals surface area contributed by atoms with Crippen molar-refractivity contribution in [3.63, 3.8) is 0 Å². The van der Waals surface area contributed by atoms with Crippen molar-refractivity contribution in [2.24, 2.45) is 0 Å². The first kappa shape index (κ1) is 20.5. The number of alkyl halides is 1. The van der Waals surface area contributed by atoms with Crippen molar-refractivity contribution < 1.29 is 28.1 Å². The molecule has 0 bridgehead atoms. The van der Waals surface area contributed by atoms with E-state index in [1.165, 1.54) is 6.92 Å². The Balaban J connectivity index is 1.76. The second-order valence-corrected chi connectivity index (χ2v) is 6.79. The fourth-order valence-corrected chi connectivity index (χ4v) is 3.23. The maximum Gasteiger partial charge on any atom is 0.303 e. The molecule has 0 aromatic heterocycles. The van der Waals surface area contributed by atoms with Crippen LogP contribution in [0.2, 0.25) is 0 Å². The average molecular weight is 388 g/mol. The van der Waals surface area contributed by atoms with Gasteiger partial charge in [0.15, 0.2) is 6.10 Å². The molecule has 0 aliphatic carbocycles. The van der Waals surface area contributed by atoms with Gasteiger partial charge < -0.3 is 18.9 Å². The van der Waals surface area contributed by atoms with Crippen molar-refractivity contribution in [3.05, 3.63) is 71.8 Å². The largest absolute Gasteiger partial charge is 0.454 e. The Morgan fingerprint density at radius 3 is 1.89 bits per heavy atom. The van der Waals surface area contributed by atoms with Crippen molar-refractivity contribution >= 4 is 5.97 Å². The highest BCUT2D eigenvalue weighted by Crippen LogP contribution is 2.30. The molecule has 0 amide bonds. The average Bonchev–Trinajstić information content (AvgIpc) is 2.69. The van der Waals surface area contributed by atoms with Crippen molar-refractivity contribution in [1.82, 2.24) is 0 Å². The predicted octanol–water partition coefficient (Wildman–Crippen LogP) is 3.80. The van der Waals surface area contributed by atoms with Crippen molar-refractivity contribution in [2.45, 2.75) is 57.8 Å². The highest BCUT2D eigenvalue weighted by Gasteiger charge is 2.48. The molecule has 1 aliphatic heterocycles. The summed E-state index contributed by atoms with van der Waals surface area (Å²) < 4.78 is 37.1. The molecular weight excluding hydrogens is 363 g/mol. The van der Waals surface area contributed by atoms with Crippen LogP contribution in [0.4, 0.5) is 4.39 Å². The van der Waals surface area contributed by atoms with Crippen LogP contribution in [0.1, 0.15) is 25.0 Å². The minimum absolute atomic E-state index is 0.244. The molecule has 1 saturated heterocycles. The lowest BCUT2D eigenvalue weighted by Gasteiger charge is -2.42. The molecule has 1 heterocycles. The van der Waals surface area contributed by atoms with Crippen molar-refractivity contribution in [3.8, 4) is 0 Å². The normalized spacial score (nSPS) is 27.3. The Morgan fingerprint density at radius 1 is 0.893 bits per heavy atom. The van der Waals surface area contributed by atoms with Crippen LogP contribution in [0.25, 0.3) is 0 Å². The van der Waals surface area contributed by atoms with E-state index < -0.39 is 36.7 Å². The summed E-state index contributed by atoms with van der Waals surface area (Å²) in [6.07, 6.45) is -4.94. The molecule has 6 heteroatoms. The number of rotatable bonds is 7. The van der Waals surface area contributed by atoms with Gasteiger partial charge in [0, 0.05) is 6.92 Å². The van der Waals surface area contributed by atoms with Crippen LogP contribution in [0, 0.1) is 0 Å². The molecular formula is C22H25FO5. The zero-order valence-corrected chi connectivity index (χ0v) is 16.0. The van der Waals surface area contributed by atoms with Crippen LogP contribution in [-0.2, 0) is 37.0 Å². The monoisotopic (exact) mass is 388 g/mol. The Morgan fingerprint density at radius 2 is 1.39 bits per heavy atom. The molecule has 1 fully saturated rings. The van der Waals surface area contributed by atoms with Crippen LogP contribution < -0.4 is 0 Å². The molecule has 0 radical (unpaired) electrons. The summed E-state index contributed by atoms with van der Waals surface area (Å²) in [5, 5.41) is 0. The number of carbonyl (C=O) groups excluding carboxylic acids is 1. The van der Waals surface area contributed by atoms with Crippen molar-refractivity contribution in [2.75, 3.05) is 0 Å². The summed E-state index contributed by atoms with van der Waals surface area (Å²) in [4.78, 5) is 11.5. The van der Waals surface area contributed by atoms with E-state index >= 15 is 0 Å². The van der Waals surface area contributed by atoms with Gasteiger partial charge in [-0.2, -0.15) is 0 Å². The summed E-state index contributed by atoms with van der Waals surface area (Å²) in [6, 6.07) is 19.2. The Hall–Kier alpha value is -2.28. The third kappa shape index (κ3) is 5.38. The van der Waals surface area contributed by atoms with E-state index in [0.29, 0.717) is 6.61 Å². The molecule has 28 heavy (non-hydrogen) atoms. The first-order valence-corrected chi connectivity index (χ1v) is 9.32. The van der Waals surface area contributed by atoms with Gasteiger partial charge in [-0.05, 0) is 18.1 Å². The van der Waals surface area contributed by atoms with E-state index in [-0.39, 0.29) is 6.61 Å². The van der Waals surface area contributed by atoms with Gasteiger partial charge in [-0.3, -0.25) is 4.79 Å². The topological polar surface area (TPSA) is 54.0 Å². The van der Waals surface area contributed by atoms with Gasteiger partial charge in [0.2, 0.25) is 6.36 Å². The minimum Gasteiger partial charge on any atom is -0.454 e. The molecule has 2 aromatic rings. The van der Waals surface area contributed by atoms with Crippen LogP contribution in [-0.4, -0.2) is 36.7 Å². The Bertz CT molecular complexity index is 739. The second-order valence-electron chi connectivity index (χ2n) is 6.79. The van der Waals surface area contributed by atoms with Crippen LogP contribution in [0.3, 0.4) is 0 Å². The molecule has 0 saturated carbocycles. The molecule has 1 aliphatic rings. The van der Waals surface area contributed by atoms with Gasteiger partial charge in [-0.1, -0.05) is 60.7 Å². The fraction of sp³-hybridized carbons (Fsp3) is 0.409. The zero-order valence-electron chi connectivity index (χ0n) is 16.0. The summed E-state index contributed by atoms with van der Waals surface area (Å²) in [5.74, 6) is -0.596. The van der Waals surface area contributed by atoms with E-state index in [2.05, 4.69) is 0 Å². The predicted molar refractivity (Wildman–Crippen MR) is 101 cm³/mol. The van der Waals surface area contributed by atoms with E-state index in [4.69, 9.17) is 18.9 Å². The maximum absolute atomic E-state index is 14.5. The Kier molecular flexibility index (Phi) is 7.14. The summed E-state index contributed by atoms with van der Waals surface area (Å²) in [7, 11) is 0. The molecule has 3 rings (SSSR count). The van der Waals surface area contributed by atoms with Crippen LogP contribution in [0.5, 0.6) is 0 Å². The standard InChI is InChI=1S/C22H25FO5/c1-15-19(25-13-17-9-5-3-6-10-17)20(21(22(23)27-15)28-16(2)24)26-14-18-11-7-4-8-12-18/h3-12,15,19-22H,13-14H2,1-2H3/t15?,19-,20?,21?,22+/m0/s1. The lowest BCUT2D eigenvalue weighted by Crippen LogP contribution is -2.58. The SMILES string of the molecule is CC(=O)OC1C(OCc2ccccc2)[C@@H](OCc2ccccc2)C(C)O[C@H]1F. The molecule has 0 N–H and O–H groups in total. The van der Waals surface area contributed by atoms with Gasteiger partial charge >= 0.3 is 5.97 Å². The molecule has 3 unspecified atom stereocenters.